The number of aromatic nitrogens is 1. The highest BCUT2D eigenvalue weighted by Gasteiger charge is 2.24. The zero-order chi connectivity index (χ0) is 14.8. The fourth-order valence-corrected chi connectivity index (χ4v) is 3.91. The molecule has 0 radical (unpaired) electrons. The number of hydrogen-bond donors (Lipinski definition) is 0. The Kier molecular flexibility index (Phi) is 4.67. The van der Waals surface area contributed by atoms with Gasteiger partial charge in [0.05, 0.1) is 15.6 Å². The van der Waals surface area contributed by atoms with Gasteiger partial charge < -0.3 is 0 Å². The van der Waals surface area contributed by atoms with Gasteiger partial charge in [0.2, 0.25) is 0 Å². The number of nitrogens with zero attached hydrogens (tertiary/aromatic N) is 2. The van der Waals surface area contributed by atoms with Gasteiger partial charge in [-0.1, -0.05) is 11.6 Å². The van der Waals surface area contributed by atoms with E-state index in [4.69, 9.17) is 11.6 Å². The fourth-order valence-electron chi connectivity index (χ4n) is 1.77. The second-order valence-electron chi connectivity index (χ2n) is 3.95. The summed E-state index contributed by atoms with van der Waals surface area (Å²) in [6.45, 7) is 2.11. The maximum absolute atomic E-state index is 12.7. The van der Waals surface area contributed by atoms with Crippen molar-refractivity contribution in [2.45, 2.75) is 11.8 Å². The zero-order valence-electron chi connectivity index (χ0n) is 10.6. The summed E-state index contributed by atoms with van der Waals surface area (Å²) >= 11 is 9.14. The number of anilines is 1. The molecule has 0 aliphatic carbocycles. The molecule has 1 aromatic heterocycles. The Balaban J connectivity index is 2.50. The van der Waals surface area contributed by atoms with Crippen LogP contribution in [0.25, 0.3) is 0 Å². The van der Waals surface area contributed by atoms with E-state index in [1.54, 1.807) is 37.5 Å². The van der Waals surface area contributed by atoms with Crippen molar-refractivity contribution < 1.29 is 8.42 Å². The molecule has 1 heterocycles. The van der Waals surface area contributed by atoms with Crippen LogP contribution in [0.1, 0.15) is 6.92 Å². The SMILES string of the molecule is CCN(c1ccncc1)S(=O)(=O)c1ccc(Cl)c(Br)c1. The standard InChI is InChI=1S/C13H12BrClN2O2S/c1-2-17(10-5-7-16-8-6-10)20(18,19)11-3-4-13(15)12(14)9-11/h3-9H,2H2,1H3. The molecular formula is C13H12BrClN2O2S. The van der Waals surface area contributed by atoms with E-state index in [0.717, 1.165) is 0 Å². The molecule has 0 unspecified atom stereocenters. The lowest BCUT2D eigenvalue weighted by atomic mass is 10.4. The van der Waals surface area contributed by atoms with Crippen LogP contribution >= 0.6 is 27.5 Å². The van der Waals surface area contributed by atoms with Gasteiger partial charge in [0, 0.05) is 23.4 Å². The zero-order valence-corrected chi connectivity index (χ0v) is 13.8. The van der Waals surface area contributed by atoms with Gasteiger partial charge >= 0.3 is 0 Å². The number of hydrogen-bond acceptors (Lipinski definition) is 3. The predicted octanol–water partition coefficient (Wildman–Crippen LogP) is 3.71. The maximum atomic E-state index is 12.7. The van der Waals surface area contributed by atoms with E-state index in [1.807, 2.05) is 0 Å². The number of rotatable bonds is 4. The van der Waals surface area contributed by atoms with Crippen molar-refractivity contribution in [3.8, 4) is 0 Å². The van der Waals surface area contributed by atoms with Crippen LogP contribution in [0.15, 0.2) is 52.1 Å². The fraction of sp³-hybridized carbons (Fsp3) is 0.154. The van der Waals surface area contributed by atoms with Crippen LogP contribution in [0, 0.1) is 0 Å². The molecule has 0 saturated carbocycles. The van der Waals surface area contributed by atoms with Crippen molar-refractivity contribution in [2.75, 3.05) is 10.8 Å². The average molecular weight is 376 g/mol. The highest BCUT2D eigenvalue weighted by Crippen LogP contribution is 2.28. The van der Waals surface area contributed by atoms with Gasteiger partial charge in [-0.25, -0.2) is 8.42 Å². The van der Waals surface area contributed by atoms with Crippen molar-refractivity contribution >= 4 is 43.2 Å². The van der Waals surface area contributed by atoms with E-state index >= 15 is 0 Å². The number of halogens is 2. The minimum absolute atomic E-state index is 0.187. The van der Waals surface area contributed by atoms with Crippen molar-refractivity contribution in [3.63, 3.8) is 0 Å². The van der Waals surface area contributed by atoms with Crippen LogP contribution in [-0.4, -0.2) is 19.9 Å². The Bertz CT molecular complexity index is 708. The molecule has 106 valence electrons. The normalized spacial score (nSPS) is 11.3. The first-order chi connectivity index (χ1) is 9.46. The number of sulfonamides is 1. The Labute approximate surface area is 131 Å². The van der Waals surface area contributed by atoms with E-state index in [1.165, 1.54) is 16.4 Å². The molecule has 1 aromatic carbocycles. The second kappa shape index (κ2) is 6.11. The molecule has 0 bridgehead atoms. The van der Waals surface area contributed by atoms with Gasteiger partial charge in [0.25, 0.3) is 10.0 Å². The lowest BCUT2D eigenvalue weighted by Crippen LogP contribution is -2.30. The molecule has 4 nitrogen and oxygen atoms in total. The van der Waals surface area contributed by atoms with Crippen molar-refractivity contribution in [3.05, 3.63) is 52.2 Å². The summed E-state index contributed by atoms with van der Waals surface area (Å²) in [4.78, 5) is 4.08. The molecule has 7 heteroatoms. The summed E-state index contributed by atoms with van der Waals surface area (Å²) in [5, 5.41) is 0.468. The third kappa shape index (κ3) is 2.97. The van der Waals surface area contributed by atoms with Crippen molar-refractivity contribution in [1.82, 2.24) is 4.98 Å². The second-order valence-corrected chi connectivity index (χ2v) is 7.07. The summed E-state index contributed by atoms with van der Waals surface area (Å²) in [5.41, 5.74) is 0.577. The summed E-state index contributed by atoms with van der Waals surface area (Å²) < 4.78 is 27.2. The molecule has 0 saturated heterocycles. The topological polar surface area (TPSA) is 50.3 Å². The number of pyridine rings is 1. The highest BCUT2D eigenvalue weighted by molar-refractivity contribution is 9.10. The van der Waals surface area contributed by atoms with Crippen molar-refractivity contribution in [1.29, 1.82) is 0 Å². The van der Waals surface area contributed by atoms with Crippen molar-refractivity contribution in [2.24, 2.45) is 0 Å². The van der Waals surface area contributed by atoms with Gasteiger partial charge in [0.15, 0.2) is 0 Å². The molecule has 0 fully saturated rings. The first-order valence-electron chi connectivity index (χ1n) is 5.84. The third-order valence-corrected chi connectivity index (χ3v) is 5.83. The van der Waals surface area contributed by atoms with Gasteiger partial charge in [-0.05, 0) is 53.2 Å². The Morgan fingerprint density at radius 3 is 2.45 bits per heavy atom. The molecule has 2 rings (SSSR count). The van der Waals surface area contributed by atoms with E-state index in [0.29, 0.717) is 21.7 Å². The third-order valence-electron chi connectivity index (χ3n) is 2.72. The van der Waals surface area contributed by atoms with Crippen LogP contribution in [-0.2, 0) is 10.0 Å². The summed E-state index contributed by atoms with van der Waals surface area (Å²) in [6.07, 6.45) is 3.12. The summed E-state index contributed by atoms with van der Waals surface area (Å²) in [7, 11) is -3.63. The molecule has 0 atom stereocenters. The Morgan fingerprint density at radius 2 is 1.90 bits per heavy atom. The smallest absolute Gasteiger partial charge is 0.264 e. The van der Waals surface area contributed by atoms with E-state index in [2.05, 4.69) is 20.9 Å². The monoisotopic (exact) mass is 374 g/mol. The maximum Gasteiger partial charge on any atom is 0.264 e. The van der Waals surface area contributed by atoms with E-state index in [9.17, 15) is 8.42 Å². The lowest BCUT2D eigenvalue weighted by molar-refractivity contribution is 0.592. The van der Waals surface area contributed by atoms with Gasteiger partial charge in [0.1, 0.15) is 0 Å². The minimum atomic E-state index is -3.63. The minimum Gasteiger partial charge on any atom is -0.267 e. The molecule has 0 aliphatic heterocycles. The molecule has 0 amide bonds. The molecular weight excluding hydrogens is 364 g/mol. The molecule has 20 heavy (non-hydrogen) atoms. The van der Waals surface area contributed by atoms with Crippen LogP contribution in [0.5, 0.6) is 0 Å². The molecule has 0 spiro atoms. The summed E-state index contributed by atoms with van der Waals surface area (Å²) in [6, 6.07) is 7.87. The Hall–Kier alpha value is -1.11. The van der Waals surface area contributed by atoms with Crippen LogP contribution in [0.2, 0.25) is 5.02 Å². The molecule has 2 aromatic rings. The Morgan fingerprint density at radius 1 is 1.25 bits per heavy atom. The molecule has 0 N–H and O–H groups in total. The van der Waals surface area contributed by atoms with Crippen LogP contribution in [0.4, 0.5) is 5.69 Å². The predicted molar refractivity (Wildman–Crippen MR) is 83.6 cm³/mol. The van der Waals surface area contributed by atoms with E-state index < -0.39 is 10.0 Å². The first kappa shape index (κ1) is 15.3. The number of benzene rings is 1. The van der Waals surface area contributed by atoms with Gasteiger partial charge in [-0.15, -0.1) is 0 Å². The quantitative estimate of drug-likeness (QED) is 0.818. The summed E-state index contributed by atoms with van der Waals surface area (Å²) in [5.74, 6) is 0. The van der Waals surface area contributed by atoms with Gasteiger partial charge in [-0.3, -0.25) is 9.29 Å². The van der Waals surface area contributed by atoms with Crippen LogP contribution in [0.3, 0.4) is 0 Å². The molecule has 0 aliphatic rings. The lowest BCUT2D eigenvalue weighted by Gasteiger charge is -2.22. The first-order valence-corrected chi connectivity index (χ1v) is 8.45. The highest BCUT2D eigenvalue weighted by atomic mass is 79.9. The van der Waals surface area contributed by atoms with E-state index in [-0.39, 0.29) is 4.90 Å². The van der Waals surface area contributed by atoms with Crippen LogP contribution < -0.4 is 4.31 Å². The average Bonchev–Trinajstić information content (AvgIpc) is 2.43. The van der Waals surface area contributed by atoms with Gasteiger partial charge in [-0.2, -0.15) is 0 Å². The largest absolute Gasteiger partial charge is 0.267 e.